The number of nitrogens with one attached hydrogen (secondary N) is 2. The molecule has 2 heterocycles. The van der Waals surface area contributed by atoms with Crippen LogP contribution < -0.4 is 16.4 Å². The molecule has 1 aromatic carbocycles. The molecule has 2 fully saturated rings. The second-order valence-corrected chi connectivity index (χ2v) is 8.16. The molecule has 0 bridgehead atoms. The molecule has 4 rings (SSSR count). The van der Waals surface area contributed by atoms with E-state index in [9.17, 15) is 14.4 Å². The fourth-order valence-electron chi connectivity index (χ4n) is 4.79. The first-order valence-electron chi connectivity index (χ1n) is 10.3. The molecule has 2 aliphatic heterocycles. The third-order valence-electron chi connectivity index (χ3n) is 6.38. The van der Waals surface area contributed by atoms with Crippen LogP contribution in [-0.2, 0) is 22.7 Å². The molecule has 4 N–H and O–H groups in total. The number of carbonyl (C=O) groups excluding carboxylic acids is 3. The van der Waals surface area contributed by atoms with Crippen molar-refractivity contribution in [3.63, 3.8) is 0 Å². The van der Waals surface area contributed by atoms with Gasteiger partial charge >= 0.3 is 0 Å². The van der Waals surface area contributed by atoms with Crippen LogP contribution in [0.5, 0.6) is 0 Å². The lowest BCUT2D eigenvalue weighted by Gasteiger charge is -2.29. The van der Waals surface area contributed by atoms with Crippen molar-refractivity contribution in [3.05, 3.63) is 34.9 Å². The van der Waals surface area contributed by atoms with Gasteiger partial charge in [-0.15, -0.1) is 0 Å². The highest BCUT2D eigenvalue weighted by Crippen LogP contribution is 2.29. The van der Waals surface area contributed by atoms with Crippen LogP contribution in [0.2, 0.25) is 0 Å². The smallest absolute Gasteiger partial charge is 0.255 e. The zero-order valence-electron chi connectivity index (χ0n) is 16.1. The van der Waals surface area contributed by atoms with Gasteiger partial charge in [0.2, 0.25) is 11.8 Å². The van der Waals surface area contributed by atoms with E-state index >= 15 is 0 Å². The monoisotopic (exact) mass is 384 g/mol. The molecule has 2 atom stereocenters. The van der Waals surface area contributed by atoms with E-state index in [0.717, 1.165) is 17.7 Å². The summed E-state index contributed by atoms with van der Waals surface area (Å²) in [6.45, 7) is 1.77. The minimum atomic E-state index is -0.567. The predicted octanol–water partition coefficient (Wildman–Crippen LogP) is 1.05. The number of imide groups is 1. The molecule has 3 amide bonds. The molecule has 3 aliphatic rings. The van der Waals surface area contributed by atoms with Gasteiger partial charge in [0, 0.05) is 37.7 Å². The highest BCUT2D eigenvalue weighted by Gasteiger charge is 2.39. The summed E-state index contributed by atoms with van der Waals surface area (Å²) in [6.07, 6.45) is 5.73. The number of amides is 3. The van der Waals surface area contributed by atoms with Gasteiger partial charge in [-0.05, 0) is 42.4 Å². The van der Waals surface area contributed by atoms with Crippen molar-refractivity contribution in [2.75, 3.05) is 6.54 Å². The summed E-state index contributed by atoms with van der Waals surface area (Å²) in [4.78, 5) is 37.9. The predicted molar refractivity (Wildman–Crippen MR) is 104 cm³/mol. The number of piperidine rings is 1. The minimum Gasteiger partial charge on any atom is -0.329 e. The van der Waals surface area contributed by atoms with Crippen molar-refractivity contribution in [3.8, 4) is 0 Å². The summed E-state index contributed by atoms with van der Waals surface area (Å²) in [6, 6.07) is 5.64. The lowest BCUT2D eigenvalue weighted by Crippen LogP contribution is -2.52. The summed E-state index contributed by atoms with van der Waals surface area (Å²) >= 11 is 0. The standard InChI is InChI=1S/C21H28N4O3/c22-10-17(14-3-1-2-4-14)23-11-13-5-6-16-15(9-13)12-25(21(16)28)18-7-8-19(26)24-20(18)27/h5-6,9,14,17-18,23H,1-4,7-8,10-12,22H2,(H,24,26,27). The molecular weight excluding hydrogens is 356 g/mol. The lowest BCUT2D eigenvalue weighted by molar-refractivity contribution is -0.136. The van der Waals surface area contributed by atoms with E-state index in [0.29, 0.717) is 37.0 Å². The van der Waals surface area contributed by atoms with E-state index in [2.05, 4.69) is 10.6 Å². The highest BCUT2D eigenvalue weighted by atomic mass is 16.2. The van der Waals surface area contributed by atoms with Crippen LogP contribution in [0.25, 0.3) is 0 Å². The van der Waals surface area contributed by atoms with Gasteiger partial charge in [-0.3, -0.25) is 19.7 Å². The second kappa shape index (κ2) is 8.01. The van der Waals surface area contributed by atoms with Gasteiger partial charge in [-0.25, -0.2) is 0 Å². The topological polar surface area (TPSA) is 105 Å². The largest absolute Gasteiger partial charge is 0.329 e. The van der Waals surface area contributed by atoms with Crippen LogP contribution >= 0.6 is 0 Å². The molecule has 150 valence electrons. The van der Waals surface area contributed by atoms with E-state index < -0.39 is 6.04 Å². The van der Waals surface area contributed by atoms with Crippen LogP contribution in [0, 0.1) is 5.92 Å². The van der Waals surface area contributed by atoms with Crippen LogP contribution in [0.15, 0.2) is 18.2 Å². The molecule has 1 saturated carbocycles. The van der Waals surface area contributed by atoms with Gasteiger partial charge in [0.25, 0.3) is 5.91 Å². The first-order valence-corrected chi connectivity index (χ1v) is 10.3. The number of nitrogens with two attached hydrogens (primary N) is 1. The Hall–Kier alpha value is -2.25. The van der Waals surface area contributed by atoms with E-state index in [1.54, 1.807) is 4.90 Å². The Balaban J connectivity index is 1.42. The normalized spacial score (nSPS) is 23.8. The number of nitrogens with zero attached hydrogens (tertiary/aromatic N) is 1. The third-order valence-corrected chi connectivity index (χ3v) is 6.38. The quantitative estimate of drug-likeness (QED) is 0.636. The van der Waals surface area contributed by atoms with Gasteiger partial charge in [-0.1, -0.05) is 25.0 Å². The average molecular weight is 384 g/mol. The zero-order chi connectivity index (χ0) is 19.7. The highest BCUT2D eigenvalue weighted by molar-refractivity contribution is 6.05. The number of benzene rings is 1. The van der Waals surface area contributed by atoms with Crippen LogP contribution in [-0.4, -0.2) is 41.2 Å². The lowest BCUT2D eigenvalue weighted by atomic mass is 9.97. The maximum atomic E-state index is 12.7. The van der Waals surface area contributed by atoms with Crippen LogP contribution in [0.1, 0.15) is 60.0 Å². The van der Waals surface area contributed by atoms with Gasteiger partial charge < -0.3 is 16.0 Å². The molecule has 2 unspecified atom stereocenters. The van der Waals surface area contributed by atoms with Gasteiger partial charge in [-0.2, -0.15) is 0 Å². The third kappa shape index (κ3) is 3.69. The SMILES string of the molecule is NCC(NCc1ccc2c(c1)CN(C1CCC(=O)NC1=O)C2=O)C1CCCC1. The van der Waals surface area contributed by atoms with Crippen LogP contribution in [0.3, 0.4) is 0 Å². The number of rotatable bonds is 6. The number of hydrogen-bond acceptors (Lipinski definition) is 5. The van der Waals surface area contributed by atoms with Crippen LogP contribution in [0.4, 0.5) is 0 Å². The van der Waals surface area contributed by atoms with Crippen molar-refractivity contribution in [1.29, 1.82) is 0 Å². The Morgan fingerprint density at radius 2 is 1.96 bits per heavy atom. The molecule has 0 aromatic heterocycles. The van der Waals surface area contributed by atoms with Crippen molar-refractivity contribution in [2.45, 2.75) is 63.7 Å². The number of hydrogen-bond donors (Lipinski definition) is 3. The van der Waals surface area contributed by atoms with Gasteiger partial charge in [0.05, 0.1) is 0 Å². The summed E-state index contributed by atoms with van der Waals surface area (Å²) in [7, 11) is 0. The Labute approximate surface area is 165 Å². The number of carbonyl (C=O) groups is 3. The van der Waals surface area contributed by atoms with E-state index in [-0.39, 0.29) is 24.1 Å². The first-order chi connectivity index (χ1) is 13.6. The molecule has 1 aromatic rings. The Morgan fingerprint density at radius 1 is 1.18 bits per heavy atom. The van der Waals surface area contributed by atoms with Crippen molar-refractivity contribution >= 4 is 17.7 Å². The van der Waals surface area contributed by atoms with E-state index in [4.69, 9.17) is 5.73 Å². The Bertz CT molecular complexity index is 788. The van der Waals surface area contributed by atoms with Crippen molar-refractivity contribution in [2.24, 2.45) is 11.7 Å². The van der Waals surface area contributed by atoms with E-state index in [1.807, 2.05) is 18.2 Å². The Morgan fingerprint density at radius 3 is 2.68 bits per heavy atom. The first kappa shape index (κ1) is 19.1. The van der Waals surface area contributed by atoms with Crippen molar-refractivity contribution < 1.29 is 14.4 Å². The van der Waals surface area contributed by atoms with E-state index in [1.165, 1.54) is 25.7 Å². The molecule has 1 aliphatic carbocycles. The second-order valence-electron chi connectivity index (χ2n) is 8.16. The number of fused-ring (bicyclic) bond motifs is 1. The molecule has 28 heavy (non-hydrogen) atoms. The summed E-state index contributed by atoms with van der Waals surface area (Å²) in [5.41, 5.74) is 8.69. The summed E-state index contributed by atoms with van der Waals surface area (Å²) in [5, 5.41) is 5.93. The van der Waals surface area contributed by atoms with Gasteiger partial charge in [0.15, 0.2) is 0 Å². The summed E-state index contributed by atoms with van der Waals surface area (Å²) in [5.74, 6) is -0.115. The molecule has 7 nitrogen and oxygen atoms in total. The Kier molecular flexibility index (Phi) is 5.46. The maximum Gasteiger partial charge on any atom is 0.255 e. The fraction of sp³-hybridized carbons (Fsp3) is 0.571. The fourth-order valence-corrected chi connectivity index (χ4v) is 4.79. The molecular formula is C21H28N4O3. The van der Waals surface area contributed by atoms with Gasteiger partial charge in [0.1, 0.15) is 6.04 Å². The van der Waals surface area contributed by atoms with Crippen molar-refractivity contribution in [1.82, 2.24) is 15.5 Å². The maximum absolute atomic E-state index is 12.7. The molecule has 7 heteroatoms. The molecule has 1 saturated heterocycles. The zero-order valence-corrected chi connectivity index (χ0v) is 16.1. The minimum absolute atomic E-state index is 0.130. The summed E-state index contributed by atoms with van der Waals surface area (Å²) < 4.78 is 0. The molecule has 0 radical (unpaired) electrons. The average Bonchev–Trinajstić information content (AvgIpc) is 3.31. The molecule has 0 spiro atoms.